The lowest BCUT2D eigenvalue weighted by Crippen LogP contribution is -2.39. The van der Waals surface area contributed by atoms with Gasteiger partial charge in [0.05, 0.1) is 6.04 Å². The summed E-state index contributed by atoms with van der Waals surface area (Å²) in [6, 6.07) is 10.8. The average molecular weight is 231 g/mol. The van der Waals surface area contributed by atoms with E-state index in [0.29, 0.717) is 6.04 Å². The molecule has 2 aliphatic heterocycles. The van der Waals surface area contributed by atoms with E-state index in [1.165, 1.54) is 5.56 Å². The van der Waals surface area contributed by atoms with Crippen LogP contribution in [0.5, 0.6) is 0 Å². The van der Waals surface area contributed by atoms with Gasteiger partial charge in [-0.05, 0) is 18.5 Å². The van der Waals surface area contributed by atoms with E-state index in [1.807, 2.05) is 23.1 Å². The molecule has 2 N–H and O–H groups in total. The number of hydrogen-bond acceptors (Lipinski definition) is 2. The summed E-state index contributed by atoms with van der Waals surface area (Å²) in [5.41, 5.74) is 1.19. The Bertz CT molecular complexity index is 400. The van der Waals surface area contributed by atoms with Crippen molar-refractivity contribution in [3.8, 4) is 0 Å². The van der Waals surface area contributed by atoms with E-state index in [2.05, 4.69) is 22.8 Å². The van der Waals surface area contributed by atoms with Crippen molar-refractivity contribution in [2.75, 3.05) is 19.6 Å². The van der Waals surface area contributed by atoms with Gasteiger partial charge in [0.15, 0.2) is 0 Å². The number of hydrogen-bond donors (Lipinski definition) is 2. The molecule has 2 fully saturated rings. The Morgan fingerprint density at radius 1 is 1.24 bits per heavy atom. The predicted octanol–water partition coefficient (Wildman–Crippen LogP) is 1.11. The second-order valence-corrected chi connectivity index (χ2v) is 4.71. The number of rotatable bonds is 2. The number of amides is 2. The third-order valence-corrected chi connectivity index (χ3v) is 3.61. The van der Waals surface area contributed by atoms with Crippen molar-refractivity contribution in [1.82, 2.24) is 15.5 Å². The number of nitrogens with one attached hydrogen (secondary N) is 2. The molecule has 0 bridgehead atoms. The topological polar surface area (TPSA) is 44.4 Å². The summed E-state index contributed by atoms with van der Waals surface area (Å²) in [6.45, 7) is 2.73. The first-order valence-electron chi connectivity index (χ1n) is 6.17. The fourth-order valence-corrected chi connectivity index (χ4v) is 2.65. The fraction of sp³-hybridized carbons (Fsp3) is 0.462. The van der Waals surface area contributed by atoms with Gasteiger partial charge in [0.1, 0.15) is 0 Å². The maximum absolute atomic E-state index is 11.9. The Morgan fingerprint density at radius 2 is 2.06 bits per heavy atom. The van der Waals surface area contributed by atoms with Gasteiger partial charge in [0, 0.05) is 19.1 Å². The van der Waals surface area contributed by atoms with E-state index in [9.17, 15) is 4.79 Å². The maximum atomic E-state index is 11.9. The van der Waals surface area contributed by atoms with Crippen LogP contribution in [0.25, 0.3) is 0 Å². The highest BCUT2D eigenvalue weighted by molar-refractivity contribution is 5.77. The molecular formula is C13H17N3O. The van der Waals surface area contributed by atoms with Crippen LogP contribution in [-0.2, 0) is 0 Å². The first-order chi connectivity index (χ1) is 8.34. The molecule has 4 nitrogen and oxygen atoms in total. The van der Waals surface area contributed by atoms with Crippen LogP contribution in [0, 0.1) is 0 Å². The van der Waals surface area contributed by atoms with Crippen LogP contribution in [0.3, 0.4) is 0 Å². The molecule has 17 heavy (non-hydrogen) atoms. The van der Waals surface area contributed by atoms with Crippen LogP contribution in [0.2, 0.25) is 0 Å². The molecule has 2 atom stereocenters. The highest BCUT2D eigenvalue weighted by Gasteiger charge is 2.35. The molecule has 2 aliphatic rings. The molecule has 2 unspecified atom stereocenters. The van der Waals surface area contributed by atoms with Crippen molar-refractivity contribution in [3.63, 3.8) is 0 Å². The lowest BCUT2D eigenvalue weighted by molar-refractivity contribution is 0.201. The minimum Gasteiger partial charge on any atom is -0.329 e. The Morgan fingerprint density at radius 3 is 2.76 bits per heavy atom. The molecule has 0 radical (unpaired) electrons. The highest BCUT2D eigenvalue weighted by atomic mass is 16.2. The first-order valence-corrected chi connectivity index (χ1v) is 6.17. The third-order valence-electron chi connectivity index (χ3n) is 3.61. The quantitative estimate of drug-likeness (QED) is 0.801. The number of benzene rings is 1. The summed E-state index contributed by atoms with van der Waals surface area (Å²) < 4.78 is 0. The van der Waals surface area contributed by atoms with Gasteiger partial charge >= 0.3 is 6.03 Å². The van der Waals surface area contributed by atoms with Gasteiger partial charge in [0.25, 0.3) is 0 Å². The summed E-state index contributed by atoms with van der Waals surface area (Å²) in [5.74, 6) is 0. The SMILES string of the molecule is O=C1NC(c2ccccc2)CN1C1CCNC1. The second-order valence-electron chi connectivity index (χ2n) is 4.71. The van der Waals surface area contributed by atoms with Crippen LogP contribution in [0.1, 0.15) is 18.0 Å². The predicted molar refractivity (Wildman–Crippen MR) is 65.7 cm³/mol. The molecule has 90 valence electrons. The standard InChI is InChI=1S/C13H17N3O/c17-13-15-12(10-4-2-1-3-5-10)9-16(13)11-6-7-14-8-11/h1-5,11-12,14H,6-9H2,(H,15,17). The second kappa shape index (κ2) is 4.37. The van der Waals surface area contributed by atoms with Gasteiger partial charge in [-0.3, -0.25) is 0 Å². The van der Waals surface area contributed by atoms with Crippen LogP contribution in [-0.4, -0.2) is 36.6 Å². The van der Waals surface area contributed by atoms with Gasteiger partial charge in [-0.2, -0.15) is 0 Å². The van der Waals surface area contributed by atoms with Gasteiger partial charge in [0.2, 0.25) is 0 Å². The van der Waals surface area contributed by atoms with Crippen molar-refractivity contribution < 1.29 is 4.79 Å². The summed E-state index contributed by atoms with van der Waals surface area (Å²) >= 11 is 0. The zero-order valence-corrected chi connectivity index (χ0v) is 9.73. The van der Waals surface area contributed by atoms with Crippen molar-refractivity contribution in [2.24, 2.45) is 0 Å². The molecule has 2 heterocycles. The van der Waals surface area contributed by atoms with E-state index in [1.54, 1.807) is 0 Å². The van der Waals surface area contributed by atoms with Gasteiger partial charge < -0.3 is 15.5 Å². The minimum atomic E-state index is 0.0764. The molecule has 1 aromatic carbocycles. The minimum absolute atomic E-state index is 0.0764. The van der Waals surface area contributed by atoms with E-state index in [4.69, 9.17) is 0 Å². The molecule has 2 amide bonds. The van der Waals surface area contributed by atoms with Crippen molar-refractivity contribution in [2.45, 2.75) is 18.5 Å². The molecule has 2 saturated heterocycles. The summed E-state index contributed by atoms with van der Waals surface area (Å²) in [6.07, 6.45) is 1.06. The molecular weight excluding hydrogens is 214 g/mol. The fourth-order valence-electron chi connectivity index (χ4n) is 2.65. The summed E-state index contributed by atoms with van der Waals surface area (Å²) in [5, 5.41) is 6.36. The van der Waals surface area contributed by atoms with Crippen molar-refractivity contribution in [1.29, 1.82) is 0 Å². The number of urea groups is 1. The Balaban J connectivity index is 1.73. The summed E-state index contributed by atoms with van der Waals surface area (Å²) in [4.78, 5) is 13.9. The van der Waals surface area contributed by atoms with E-state index in [0.717, 1.165) is 26.1 Å². The zero-order valence-electron chi connectivity index (χ0n) is 9.73. The highest BCUT2D eigenvalue weighted by Crippen LogP contribution is 2.23. The molecule has 0 aromatic heterocycles. The van der Waals surface area contributed by atoms with Crippen molar-refractivity contribution >= 4 is 6.03 Å². The largest absolute Gasteiger partial charge is 0.329 e. The molecule has 3 rings (SSSR count). The Hall–Kier alpha value is -1.55. The Labute approximate surface area is 101 Å². The molecule has 0 spiro atoms. The zero-order chi connectivity index (χ0) is 11.7. The van der Waals surface area contributed by atoms with Crippen molar-refractivity contribution in [3.05, 3.63) is 35.9 Å². The monoisotopic (exact) mass is 231 g/mol. The van der Waals surface area contributed by atoms with Crippen LogP contribution < -0.4 is 10.6 Å². The van der Waals surface area contributed by atoms with Crippen LogP contribution >= 0.6 is 0 Å². The van der Waals surface area contributed by atoms with E-state index < -0.39 is 0 Å². The van der Waals surface area contributed by atoms with Crippen LogP contribution in [0.15, 0.2) is 30.3 Å². The maximum Gasteiger partial charge on any atom is 0.318 e. The van der Waals surface area contributed by atoms with E-state index in [-0.39, 0.29) is 12.1 Å². The summed E-state index contributed by atoms with van der Waals surface area (Å²) in [7, 11) is 0. The normalized spacial score (nSPS) is 28.5. The third kappa shape index (κ3) is 2.00. The lowest BCUT2D eigenvalue weighted by atomic mass is 10.1. The molecule has 4 heteroatoms. The van der Waals surface area contributed by atoms with Crippen LogP contribution in [0.4, 0.5) is 4.79 Å². The molecule has 0 aliphatic carbocycles. The van der Waals surface area contributed by atoms with Gasteiger partial charge in [-0.25, -0.2) is 4.79 Å². The molecule has 0 saturated carbocycles. The van der Waals surface area contributed by atoms with Gasteiger partial charge in [-0.15, -0.1) is 0 Å². The van der Waals surface area contributed by atoms with Gasteiger partial charge in [-0.1, -0.05) is 30.3 Å². The lowest BCUT2D eigenvalue weighted by Gasteiger charge is -2.21. The first kappa shape index (κ1) is 10.6. The smallest absolute Gasteiger partial charge is 0.318 e. The number of carbonyl (C=O) groups is 1. The number of carbonyl (C=O) groups excluding carboxylic acids is 1. The van der Waals surface area contributed by atoms with E-state index >= 15 is 0 Å². The number of nitrogens with zero attached hydrogens (tertiary/aromatic N) is 1. The Kier molecular flexibility index (Phi) is 2.73. The average Bonchev–Trinajstić information content (AvgIpc) is 2.99. The molecule has 1 aromatic rings.